The third-order valence-electron chi connectivity index (χ3n) is 2.24. The molecule has 0 aliphatic carbocycles. The second-order valence-corrected chi connectivity index (χ2v) is 3.46. The highest BCUT2D eigenvalue weighted by molar-refractivity contribution is 5.21. The van der Waals surface area contributed by atoms with Gasteiger partial charge in [-0.2, -0.15) is 0 Å². The normalized spacial score (nSPS) is 10.2. The molecule has 0 saturated heterocycles. The van der Waals surface area contributed by atoms with E-state index in [9.17, 15) is 0 Å². The van der Waals surface area contributed by atoms with E-state index in [0.29, 0.717) is 0 Å². The predicted octanol–water partition coefficient (Wildman–Crippen LogP) is 4.21. The van der Waals surface area contributed by atoms with E-state index in [0.717, 1.165) is 0 Å². The Hall–Kier alpha value is -0.780. The summed E-state index contributed by atoms with van der Waals surface area (Å²) in [6.07, 6.45) is 8.97. The highest BCUT2D eigenvalue weighted by Gasteiger charge is 1.92. The molecule has 71 valence electrons. The van der Waals surface area contributed by atoms with Gasteiger partial charge in [0.15, 0.2) is 0 Å². The topological polar surface area (TPSA) is 0 Å². The summed E-state index contributed by atoms with van der Waals surface area (Å²) in [6.45, 7) is 2.25. The van der Waals surface area contributed by atoms with Gasteiger partial charge in [-0.1, -0.05) is 62.9 Å². The minimum Gasteiger partial charge on any atom is -0.0654 e. The lowest BCUT2D eigenvalue weighted by Gasteiger charge is -2.00. The van der Waals surface area contributed by atoms with Crippen LogP contribution in [0.5, 0.6) is 0 Å². The first-order chi connectivity index (χ1) is 6.43. The van der Waals surface area contributed by atoms with E-state index in [2.05, 4.69) is 43.7 Å². The second kappa shape index (κ2) is 6.71. The molecule has 0 aromatic heterocycles. The smallest absolute Gasteiger partial charge is 0.00931 e. The van der Waals surface area contributed by atoms with E-state index in [4.69, 9.17) is 0 Å². The van der Waals surface area contributed by atoms with E-state index in [1.165, 1.54) is 37.7 Å². The first-order valence-electron chi connectivity index (χ1n) is 5.31. The molecule has 13 heavy (non-hydrogen) atoms. The van der Waals surface area contributed by atoms with Gasteiger partial charge in [0.05, 0.1) is 0 Å². The predicted molar refractivity (Wildman–Crippen MR) is 58.6 cm³/mol. The van der Waals surface area contributed by atoms with Crippen LogP contribution in [0, 0.1) is 6.42 Å². The summed E-state index contributed by atoms with van der Waals surface area (Å²) in [6, 6.07) is 10.6. The van der Waals surface area contributed by atoms with Crippen LogP contribution in [0.25, 0.3) is 0 Å². The van der Waals surface area contributed by atoms with E-state index < -0.39 is 0 Å². The fourth-order valence-electron chi connectivity index (χ4n) is 1.43. The Kier molecular flexibility index (Phi) is 5.31. The van der Waals surface area contributed by atoms with Crippen LogP contribution in [-0.2, 0) is 0 Å². The van der Waals surface area contributed by atoms with E-state index >= 15 is 0 Å². The molecule has 0 atom stereocenters. The van der Waals surface area contributed by atoms with Gasteiger partial charge >= 0.3 is 0 Å². The average molecular weight is 175 g/mol. The molecule has 0 heteroatoms. The molecule has 0 heterocycles. The largest absolute Gasteiger partial charge is 0.0654 e. The molecule has 0 fully saturated rings. The summed E-state index contributed by atoms with van der Waals surface area (Å²) in [5.41, 5.74) is 1.36. The Morgan fingerprint density at radius 3 is 2.46 bits per heavy atom. The second-order valence-electron chi connectivity index (χ2n) is 3.46. The molecule has 0 nitrogen and oxygen atoms in total. The van der Waals surface area contributed by atoms with Gasteiger partial charge in [-0.3, -0.25) is 0 Å². The SMILES string of the molecule is CCCCCC[CH]c1ccccc1. The van der Waals surface area contributed by atoms with Crippen molar-refractivity contribution in [2.24, 2.45) is 0 Å². The molecule has 0 aliphatic rings. The highest BCUT2D eigenvalue weighted by Crippen LogP contribution is 2.09. The van der Waals surface area contributed by atoms with Crippen LogP contribution in [0.4, 0.5) is 0 Å². The maximum Gasteiger partial charge on any atom is -0.00931 e. The quantitative estimate of drug-likeness (QED) is 0.568. The standard InChI is InChI=1S/C13H19/c1-2-3-4-5-7-10-13-11-8-6-9-12-13/h6,8-12H,2-5,7H2,1H3. The first kappa shape index (κ1) is 10.3. The van der Waals surface area contributed by atoms with Crippen molar-refractivity contribution in [2.75, 3.05) is 0 Å². The zero-order valence-corrected chi connectivity index (χ0v) is 8.50. The Bertz CT molecular complexity index is 201. The summed E-state index contributed by atoms with van der Waals surface area (Å²) in [4.78, 5) is 0. The molecule has 0 unspecified atom stereocenters. The zero-order valence-electron chi connectivity index (χ0n) is 8.50. The lowest BCUT2D eigenvalue weighted by atomic mass is 10.1. The number of hydrogen-bond donors (Lipinski definition) is 0. The van der Waals surface area contributed by atoms with Gasteiger partial charge in [0.2, 0.25) is 0 Å². The Morgan fingerprint density at radius 2 is 1.77 bits per heavy atom. The summed E-state index contributed by atoms with van der Waals surface area (Å²) in [5, 5.41) is 0. The lowest BCUT2D eigenvalue weighted by Crippen LogP contribution is -1.82. The number of hydrogen-bond acceptors (Lipinski definition) is 0. The molecular formula is C13H19. The van der Waals surface area contributed by atoms with Gasteiger partial charge in [0.25, 0.3) is 0 Å². The highest BCUT2D eigenvalue weighted by atomic mass is 14.0. The van der Waals surface area contributed by atoms with Crippen molar-refractivity contribution in [1.29, 1.82) is 0 Å². The van der Waals surface area contributed by atoms with Gasteiger partial charge < -0.3 is 0 Å². The van der Waals surface area contributed by atoms with Crippen LogP contribution in [0.15, 0.2) is 30.3 Å². The molecule has 0 aliphatic heterocycles. The van der Waals surface area contributed by atoms with Crippen molar-refractivity contribution in [3.8, 4) is 0 Å². The van der Waals surface area contributed by atoms with Crippen LogP contribution in [0.3, 0.4) is 0 Å². The minimum absolute atomic E-state index is 1.23. The Morgan fingerprint density at radius 1 is 1.00 bits per heavy atom. The van der Waals surface area contributed by atoms with Crippen LogP contribution >= 0.6 is 0 Å². The molecule has 0 N–H and O–H groups in total. The van der Waals surface area contributed by atoms with E-state index in [-0.39, 0.29) is 0 Å². The molecule has 1 aromatic rings. The van der Waals surface area contributed by atoms with Crippen molar-refractivity contribution in [3.63, 3.8) is 0 Å². The molecule has 0 saturated carbocycles. The van der Waals surface area contributed by atoms with Crippen LogP contribution < -0.4 is 0 Å². The molecule has 0 spiro atoms. The van der Waals surface area contributed by atoms with Crippen molar-refractivity contribution < 1.29 is 0 Å². The number of unbranched alkanes of at least 4 members (excludes halogenated alkanes) is 4. The Labute approximate surface area is 82.0 Å². The van der Waals surface area contributed by atoms with Crippen LogP contribution in [0.2, 0.25) is 0 Å². The maximum atomic E-state index is 2.33. The summed E-state index contributed by atoms with van der Waals surface area (Å²) < 4.78 is 0. The van der Waals surface area contributed by atoms with Gasteiger partial charge in [-0.25, -0.2) is 0 Å². The van der Waals surface area contributed by atoms with Gasteiger partial charge in [-0.05, 0) is 18.4 Å². The molecule has 1 rings (SSSR count). The minimum atomic E-state index is 1.23. The Balaban J connectivity index is 2.07. The monoisotopic (exact) mass is 175 g/mol. The average Bonchev–Trinajstić information content (AvgIpc) is 2.19. The van der Waals surface area contributed by atoms with Gasteiger partial charge in [-0.15, -0.1) is 0 Å². The number of benzene rings is 1. The fraction of sp³-hybridized carbons (Fsp3) is 0.462. The first-order valence-corrected chi connectivity index (χ1v) is 5.31. The van der Waals surface area contributed by atoms with Crippen LogP contribution in [0.1, 0.15) is 44.6 Å². The third kappa shape index (κ3) is 4.72. The zero-order chi connectivity index (χ0) is 9.36. The maximum absolute atomic E-state index is 2.33. The summed E-state index contributed by atoms with van der Waals surface area (Å²) in [7, 11) is 0. The molecule has 1 radical (unpaired) electrons. The molecular weight excluding hydrogens is 156 g/mol. The summed E-state index contributed by atoms with van der Waals surface area (Å²) >= 11 is 0. The summed E-state index contributed by atoms with van der Waals surface area (Å²) in [5.74, 6) is 0. The molecule has 0 amide bonds. The molecule has 1 aromatic carbocycles. The van der Waals surface area contributed by atoms with Crippen molar-refractivity contribution in [3.05, 3.63) is 42.3 Å². The van der Waals surface area contributed by atoms with Gasteiger partial charge in [0, 0.05) is 0 Å². The third-order valence-corrected chi connectivity index (χ3v) is 2.24. The van der Waals surface area contributed by atoms with Crippen LogP contribution in [-0.4, -0.2) is 0 Å². The van der Waals surface area contributed by atoms with Crippen molar-refractivity contribution >= 4 is 0 Å². The fourth-order valence-corrected chi connectivity index (χ4v) is 1.43. The molecule has 0 bridgehead atoms. The van der Waals surface area contributed by atoms with Crippen molar-refractivity contribution in [2.45, 2.75) is 39.0 Å². The van der Waals surface area contributed by atoms with Gasteiger partial charge in [0.1, 0.15) is 0 Å². The van der Waals surface area contributed by atoms with E-state index in [1.807, 2.05) is 0 Å². The van der Waals surface area contributed by atoms with Crippen molar-refractivity contribution in [1.82, 2.24) is 0 Å². The van der Waals surface area contributed by atoms with E-state index in [1.54, 1.807) is 0 Å². The number of rotatable bonds is 6. The lowest BCUT2D eigenvalue weighted by molar-refractivity contribution is 0.665.